The second-order valence-corrected chi connectivity index (χ2v) is 5.31. The van der Waals surface area contributed by atoms with Crippen LogP contribution in [0.2, 0.25) is 0 Å². The summed E-state index contributed by atoms with van der Waals surface area (Å²) in [6.07, 6.45) is 4.27. The van der Waals surface area contributed by atoms with Crippen molar-refractivity contribution in [3.63, 3.8) is 0 Å². The first-order valence-electron chi connectivity index (χ1n) is 7.03. The molecule has 0 aromatic heterocycles. The maximum Gasteiger partial charge on any atom is 0.190 e. The van der Waals surface area contributed by atoms with Crippen molar-refractivity contribution in [1.82, 2.24) is 4.90 Å². The van der Waals surface area contributed by atoms with Crippen LogP contribution in [0, 0.1) is 11.6 Å². The molecule has 112 valence electrons. The second-order valence-electron chi connectivity index (χ2n) is 5.31. The minimum Gasteiger partial charge on any atom is -0.488 e. The van der Waals surface area contributed by atoms with Crippen molar-refractivity contribution in [1.29, 1.82) is 0 Å². The third-order valence-electron chi connectivity index (χ3n) is 3.86. The molecule has 1 aliphatic rings. The van der Waals surface area contributed by atoms with Crippen molar-refractivity contribution in [3.05, 3.63) is 29.3 Å². The molecule has 1 atom stereocenters. The van der Waals surface area contributed by atoms with Gasteiger partial charge < -0.3 is 14.7 Å². The lowest BCUT2D eigenvalue weighted by atomic mass is 10.0. The van der Waals surface area contributed by atoms with Gasteiger partial charge in [-0.1, -0.05) is 6.42 Å². The van der Waals surface area contributed by atoms with Crippen LogP contribution in [-0.2, 0) is 6.61 Å². The Bertz CT molecular complexity index is 430. The lowest BCUT2D eigenvalue weighted by molar-refractivity contribution is 0.150. The molecule has 1 aromatic carbocycles. The van der Waals surface area contributed by atoms with Gasteiger partial charge >= 0.3 is 0 Å². The van der Waals surface area contributed by atoms with Gasteiger partial charge in [0, 0.05) is 6.04 Å². The number of hydrogen-bond donors (Lipinski definition) is 1. The summed E-state index contributed by atoms with van der Waals surface area (Å²) >= 11 is 0. The second kappa shape index (κ2) is 6.99. The van der Waals surface area contributed by atoms with Gasteiger partial charge in [-0.25, -0.2) is 8.78 Å². The van der Waals surface area contributed by atoms with Crippen LogP contribution in [0.25, 0.3) is 0 Å². The highest BCUT2D eigenvalue weighted by Gasteiger charge is 2.19. The van der Waals surface area contributed by atoms with Crippen LogP contribution in [-0.4, -0.2) is 36.2 Å². The zero-order chi connectivity index (χ0) is 14.5. The molecule has 0 bridgehead atoms. The zero-order valence-corrected chi connectivity index (χ0v) is 11.7. The van der Waals surface area contributed by atoms with E-state index in [0.717, 1.165) is 31.5 Å². The molecule has 1 saturated heterocycles. The van der Waals surface area contributed by atoms with Gasteiger partial charge in [-0.15, -0.1) is 0 Å². The summed E-state index contributed by atoms with van der Waals surface area (Å²) in [5, 5.41) is 8.87. The molecule has 2 rings (SSSR count). The Morgan fingerprint density at radius 3 is 2.60 bits per heavy atom. The SMILES string of the molecule is CN1CCCCC1CCOc1c(F)cc(CO)cc1F. The number of piperidine rings is 1. The Morgan fingerprint density at radius 1 is 1.30 bits per heavy atom. The molecule has 0 amide bonds. The summed E-state index contributed by atoms with van der Waals surface area (Å²) in [5.41, 5.74) is 0.208. The Labute approximate surface area is 118 Å². The fourth-order valence-electron chi connectivity index (χ4n) is 2.65. The van der Waals surface area contributed by atoms with Gasteiger partial charge in [0.15, 0.2) is 17.4 Å². The summed E-state index contributed by atoms with van der Waals surface area (Å²) < 4.78 is 32.6. The van der Waals surface area contributed by atoms with Gasteiger partial charge in [0.05, 0.1) is 13.2 Å². The molecular weight excluding hydrogens is 264 g/mol. The van der Waals surface area contributed by atoms with Crippen molar-refractivity contribution < 1.29 is 18.6 Å². The van der Waals surface area contributed by atoms with E-state index in [1.165, 1.54) is 12.8 Å². The molecule has 1 fully saturated rings. The van der Waals surface area contributed by atoms with Crippen LogP contribution in [0.3, 0.4) is 0 Å². The monoisotopic (exact) mass is 285 g/mol. The first kappa shape index (κ1) is 15.2. The molecule has 3 nitrogen and oxygen atoms in total. The molecule has 1 heterocycles. The molecule has 0 aliphatic carbocycles. The third-order valence-corrected chi connectivity index (χ3v) is 3.86. The summed E-state index contributed by atoms with van der Waals surface area (Å²) in [7, 11) is 2.07. The van der Waals surface area contributed by atoms with E-state index in [4.69, 9.17) is 9.84 Å². The lowest BCUT2D eigenvalue weighted by Gasteiger charge is -2.32. The van der Waals surface area contributed by atoms with Crippen molar-refractivity contribution in [2.75, 3.05) is 20.2 Å². The number of nitrogens with zero attached hydrogens (tertiary/aromatic N) is 1. The highest BCUT2D eigenvalue weighted by Crippen LogP contribution is 2.24. The predicted molar refractivity (Wildman–Crippen MR) is 72.7 cm³/mol. The highest BCUT2D eigenvalue weighted by molar-refractivity contribution is 5.31. The highest BCUT2D eigenvalue weighted by atomic mass is 19.1. The lowest BCUT2D eigenvalue weighted by Crippen LogP contribution is -2.37. The molecule has 1 N–H and O–H groups in total. The quantitative estimate of drug-likeness (QED) is 0.903. The van der Waals surface area contributed by atoms with Gasteiger partial charge in [0.2, 0.25) is 0 Å². The first-order chi connectivity index (χ1) is 9.61. The van der Waals surface area contributed by atoms with Crippen molar-refractivity contribution in [3.8, 4) is 5.75 Å². The molecule has 1 aromatic rings. The maximum atomic E-state index is 13.7. The van der Waals surface area contributed by atoms with E-state index in [2.05, 4.69) is 11.9 Å². The van der Waals surface area contributed by atoms with E-state index >= 15 is 0 Å². The van der Waals surface area contributed by atoms with Gasteiger partial charge in [-0.05, 0) is 50.6 Å². The van der Waals surface area contributed by atoms with Gasteiger partial charge in [-0.2, -0.15) is 0 Å². The van der Waals surface area contributed by atoms with Crippen LogP contribution >= 0.6 is 0 Å². The molecule has 5 heteroatoms. The number of ether oxygens (including phenoxy) is 1. The van der Waals surface area contributed by atoms with E-state index < -0.39 is 11.6 Å². The van der Waals surface area contributed by atoms with Crippen molar-refractivity contribution in [2.45, 2.75) is 38.3 Å². The van der Waals surface area contributed by atoms with E-state index in [1.54, 1.807) is 0 Å². The van der Waals surface area contributed by atoms with Crippen molar-refractivity contribution in [2.24, 2.45) is 0 Å². The molecule has 0 radical (unpaired) electrons. The predicted octanol–water partition coefficient (Wildman–Crippen LogP) is 2.71. The fourth-order valence-corrected chi connectivity index (χ4v) is 2.65. The smallest absolute Gasteiger partial charge is 0.190 e. The van der Waals surface area contributed by atoms with Crippen LogP contribution in [0.1, 0.15) is 31.2 Å². The standard InChI is InChI=1S/C15H21F2NO2/c1-18-6-3-2-4-12(18)5-7-20-15-13(16)8-11(10-19)9-14(15)17/h8-9,12,19H,2-7,10H2,1H3. The number of likely N-dealkylation sites (tertiary alicyclic amines) is 1. The molecule has 1 unspecified atom stereocenters. The Hall–Kier alpha value is -1.20. The Kier molecular flexibility index (Phi) is 5.31. The molecule has 0 saturated carbocycles. The number of aliphatic hydroxyl groups is 1. The molecule has 0 spiro atoms. The topological polar surface area (TPSA) is 32.7 Å². The molecular formula is C15H21F2NO2. The number of halogens is 2. The first-order valence-corrected chi connectivity index (χ1v) is 7.03. The number of aliphatic hydroxyl groups excluding tert-OH is 1. The van der Waals surface area contributed by atoms with E-state index in [0.29, 0.717) is 12.6 Å². The van der Waals surface area contributed by atoms with Crippen LogP contribution in [0.4, 0.5) is 8.78 Å². The number of benzene rings is 1. The fraction of sp³-hybridized carbons (Fsp3) is 0.600. The average Bonchev–Trinajstić information content (AvgIpc) is 2.43. The van der Waals surface area contributed by atoms with E-state index in [-0.39, 0.29) is 17.9 Å². The van der Waals surface area contributed by atoms with Crippen LogP contribution in [0.15, 0.2) is 12.1 Å². The number of rotatable bonds is 5. The van der Waals surface area contributed by atoms with Gasteiger partial charge in [-0.3, -0.25) is 0 Å². The summed E-state index contributed by atoms with van der Waals surface area (Å²) in [6, 6.07) is 2.63. The summed E-state index contributed by atoms with van der Waals surface area (Å²) in [4.78, 5) is 2.27. The van der Waals surface area contributed by atoms with Gasteiger partial charge in [0.25, 0.3) is 0 Å². The van der Waals surface area contributed by atoms with Gasteiger partial charge in [0.1, 0.15) is 0 Å². The zero-order valence-electron chi connectivity index (χ0n) is 11.7. The number of hydrogen-bond acceptors (Lipinski definition) is 3. The molecule has 1 aliphatic heterocycles. The normalized spacial score (nSPS) is 20.1. The summed E-state index contributed by atoms with van der Waals surface area (Å²) in [5.74, 6) is -1.86. The average molecular weight is 285 g/mol. The van der Waals surface area contributed by atoms with Crippen LogP contribution in [0.5, 0.6) is 5.75 Å². The largest absolute Gasteiger partial charge is 0.488 e. The van der Waals surface area contributed by atoms with Crippen LogP contribution < -0.4 is 4.74 Å². The molecule has 20 heavy (non-hydrogen) atoms. The minimum absolute atomic E-state index is 0.208. The van der Waals surface area contributed by atoms with Crippen molar-refractivity contribution >= 4 is 0 Å². The Morgan fingerprint density at radius 2 is 2.00 bits per heavy atom. The third kappa shape index (κ3) is 3.67. The maximum absolute atomic E-state index is 13.7. The Balaban J connectivity index is 1.90. The minimum atomic E-state index is -0.758. The summed E-state index contributed by atoms with van der Waals surface area (Å²) in [6.45, 7) is 0.973. The van der Waals surface area contributed by atoms with E-state index in [1.807, 2.05) is 0 Å². The van der Waals surface area contributed by atoms with E-state index in [9.17, 15) is 8.78 Å².